The lowest BCUT2D eigenvalue weighted by atomic mass is 9.73. The molecule has 0 unspecified atom stereocenters. The molecule has 3 rings (SSSR count). The van der Waals surface area contributed by atoms with Crippen LogP contribution in [0.1, 0.15) is 76.3 Å². The normalized spacial score (nSPS) is 24.8. The Balaban J connectivity index is 1.61. The first-order valence-corrected chi connectivity index (χ1v) is 12.9. The van der Waals surface area contributed by atoms with Crippen LogP contribution in [0.3, 0.4) is 0 Å². The lowest BCUT2D eigenvalue weighted by molar-refractivity contribution is 0.108. The molecule has 1 fully saturated rings. The zero-order chi connectivity index (χ0) is 20.9. The molecule has 0 spiro atoms. The van der Waals surface area contributed by atoms with Crippen molar-refractivity contribution in [3.05, 3.63) is 29.3 Å². The summed E-state index contributed by atoms with van der Waals surface area (Å²) in [5.41, 5.74) is 2.83. The van der Waals surface area contributed by atoms with E-state index in [0.717, 1.165) is 57.1 Å². The predicted molar refractivity (Wildman–Crippen MR) is 115 cm³/mol. The number of benzene rings is 1. The summed E-state index contributed by atoms with van der Waals surface area (Å²) in [6, 6.07) is 6.44. The van der Waals surface area contributed by atoms with Crippen LogP contribution in [0.25, 0.3) is 0 Å². The van der Waals surface area contributed by atoms with Crippen LogP contribution in [-0.2, 0) is 21.9 Å². The number of hydrogen-bond donors (Lipinski definition) is 2. The Kier molecular flexibility index (Phi) is 8.21. The second-order valence-electron chi connectivity index (χ2n) is 8.79. The van der Waals surface area contributed by atoms with Crippen LogP contribution in [0.15, 0.2) is 18.2 Å². The molecule has 6 heteroatoms. The third kappa shape index (κ3) is 6.30. The molecule has 0 saturated heterocycles. The third-order valence-electron chi connectivity index (χ3n) is 6.85. The maximum Gasteiger partial charge on any atom is 0.469 e. The van der Waals surface area contributed by atoms with E-state index in [0.29, 0.717) is 24.4 Å². The van der Waals surface area contributed by atoms with Crippen LogP contribution in [0.2, 0.25) is 0 Å². The van der Waals surface area contributed by atoms with Crippen molar-refractivity contribution >= 4 is 7.82 Å². The molecule has 5 nitrogen and oxygen atoms in total. The minimum atomic E-state index is -4.43. The molecule has 0 aromatic heterocycles. The van der Waals surface area contributed by atoms with Crippen molar-refractivity contribution in [2.75, 3.05) is 6.61 Å². The molecular formula is C23H37O5P. The van der Waals surface area contributed by atoms with Crippen molar-refractivity contribution in [3.8, 4) is 5.75 Å². The quantitative estimate of drug-likeness (QED) is 0.354. The summed E-state index contributed by atoms with van der Waals surface area (Å²) in [5, 5.41) is 0. The van der Waals surface area contributed by atoms with Gasteiger partial charge in [0.05, 0.1) is 12.7 Å². The van der Waals surface area contributed by atoms with Crippen molar-refractivity contribution in [1.82, 2.24) is 0 Å². The topological polar surface area (TPSA) is 76.0 Å². The smallest absolute Gasteiger partial charge is 0.469 e. The van der Waals surface area contributed by atoms with E-state index in [9.17, 15) is 14.4 Å². The summed E-state index contributed by atoms with van der Waals surface area (Å²) in [6.45, 7) is 4.87. The molecule has 2 aliphatic rings. The van der Waals surface area contributed by atoms with E-state index in [1.54, 1.807) is 0 Å². The minimum absolute atomic E-state index is 0.332. The van der Waals surface area contributed by atoms with Crippen molar-refractivity contribution < 1.29 is 23.6 Å². The second kappa shape index (κ2) is 10.4. The van der Waals surface area contributed by atoms with Gasteiger partial charge in [-0.25, -0.2) is 4.57 Å². The summed E-state index contributed by atoms with van der Waals surface area (Å²) in [5.74, 6) is 3.05. The molecule has 1 aromatic carbocycles. The fourth-order valence-corrected chi connectivity index (χ4v) is 6.09. The van der Waals surface area contributed by atoms with Gasteiger partial charge >= 0.3 is 7.82 Å². The van der Waals surface area contributed by atoms with Gasteiger partial charge in [0.25, 0.3) is 0 Å². The first kappa shape index (κ1) is 22.8. The largest absolute Gasteiger partial charge is 0.494 e. The molecule has 0 aliphatic heterocycles. The molecular weight excluding hydrogens is 387 g/mol. The van der Waals surface area contributed by atoms with Crippen molar-refractivity contribution in [1.29, 1.82) is 0 Å². The van der Waals surface area contributed by atoms with Gasteiger partial charge in [-0.15, -0.1) is 0 Å². The number of rotatable bonds is 11. The van der Waals surface area contributed by atoms with Crippen LogP contribution in [0.5, 0.6) is 5.75 Å². The summed E-state index contributed by atoms with van der Waals surface area (Å²) in [6.07, 6.45) is 9.95. The SMILES string of the molecule is CCCCC[C@@H](CC[C@H]1CC[C@@H]2Cc3c(cccc3OCC)C[C@H]12)OP(=O)(O)O. The maximum absolute atomic E-state index is 11.4. The second-order valence-corrected chi connectivity index (χ2v) is 9.98. The predicted octanol–water partition coefficient (Wildman–Crippen LogP) is 5.66. The van der Waals surface area contributed by atoms with Crippen LogP contribution in [0, 0.1) is 17.8 Å². The van der Waals surface area contributed by atoms with Crippen molar-refractivity contribution in [2.24, 2.45) is 17.8 Å². The van der Waals surface area contributed by atoms with E-state index in [1.165, 1.54) is 24.0 Å². The fourth-order valence-electron chi connectivity index (χ4n) is 5.49. The van der Waals surface area contributed by atoms with Gasteiger partial charge < -0.3 is 14.5 Å². The highest BCUT2D eigenvalue weighted by Crippen LogP contribution is 2.49. The average Bonchev–Trinajstić information content (AvgIpc) is 3.06. The molecule has 0 radical (unpaired) electrons. The van der Waals surface area contributed by atoms with E-state index < -0.39 is 7.82 Å². The Morgan fingerprint density at radius 2 is 1.97 bits per heavy atom. The van der Waals surface area contributed by atoms with E-state index >= 15 is 0 Å². The number of fused-ring (bicyclic) bond motifs is 2. The molecule has 0 amide bonds. The number of phosphoric ester groups is 1. The standard InChI is InChI=1S/C23H37O5P/c1-3-5-6-9-20(28-29(24,25)26)14-13-17-11-12-19-16-22-18(15-21(17)19)8-7-10-23(22)27-4-2/h7-8,10,17,19-21H,3-6,9,11-16H2,1-2H3,(H2,24,25,26)/t17-,19-,20+,21-/m1/s1. The molecule has 2 aliphatic carbocycles. The summed E-state index contributed by atoms with van der Waals surface area (Å²) in [7, 11) is -4.43. The first-order chi connectivity index (χ1) is 13.9. The Hall–Kier alpha value is -0.870. The van der Waals surface area contributed by atoms with Gasteiger partial charge in [0.2, 0.25) is 0 Å². The van der Waals surface area contributed by atoms with E-state index in [4.69, 9.17) is 9.26 Å². The van der Waals surface area contributed by atoms with Crippen LogP contribution in [0.4, 0.5) is 0 Å². The molecule has 0 heterocycles. The van der Waals surface area contributed by atoms with E-state index in [-0.39, 0.29) is 6.10 Å². The Bertz CT molecular complexity index is 701. The van der Waals surface area contributed by atoms with Gasteiger partial charge in [-0.2, -0.15) is 0 Å². The molecule has 1 aromatic rings. The summed E-state index contributed by atoms with van der Waals surface area (Å²) in [4.78, 5) is 18.6. The molecule has 2 N–H and O–H groups in total. The Labute approximate surface area is 175 Å². The zero-order valence-corrected chi connectivity index (χ0v) is 18.8. The lowest BCUT2D eigenvalue weighted by Gasteiger charge is -2.32. The lowest BCUT2D eigenvalue weighted by Crippen LogP contribution is -2.26. The van der Waals surface area contributed by atoms with E-state index in [2.05, 4.69) is 25.1 Å². The van der Waals surface area contributed by atoms with Gasteiger partial charge in [-0.3, -0.25) is 4.52 Å². The average molecular weight is 425 g/mol. The molecule has 1 saturated carbocycles. The van der Waals surface area contributed by atoms with Crippen LogP contribution < -0.4 is 4.74 Å². The monoisotopic (exact) mass is 424 g/mol. The van der Waals surface area contributed by atoms with Crippen molar-refractivity contribution in [2.45, 2.75) is 84.2 Å². The molecule has 4 atom stereocenters. The molecule has 29 heavy (non-hydrogen) atoms. The Morgan fingerprint density at radius 3 is 2.69 bits per heavy atom. The van der Waals surface area contributed by atoms with Crippen LogP contribution in [-0.4, -0.2) is 22.5 Å². The van der Waals surface area contributed by atoms with E-state index in [1.807, 2.05) is 6.92 Å². The van der Waals surface area contributed by atoms with Gasteiger partial charge in [0, 0.05) is 0 Å². The molecule has 164 valence electrons. The number of phosphoric acid groups is 1. The van der Waals surface area contributed by atoms with Crippen LogP contribution >= 0.6 is 7.82 Å². The zero-order valence-electron chi connectivity index (χ0n) is 17.9. The van der Waals surface area contributed by atoms with Crippen molar-refractivity contribution in [3.63, 3.8) is 0 Å². The van der Waals surface area contributed by atoms with Gasteiger partial charge in [-0.1, -0.05) is 38.3 Å². The first-order valence-electron chi connectivity index (χ1n) is 11.4. The highest BCUT2D eigenvalue weighted by molar-refractivity contribution is 7.46. The number of ether oxygens (including phenoxy) is 1. The highest BCUT2D eigenvalue weighted by Gasteiger charge is 2.40. The maximum atomic E-state index is 11.4. The van der Waals surface area contributed by atoms with Gasteiger partial charge in [-0.05, 0) is 86.8 Å². The summed E-state index contributed by atoms with van der Waals surface area (Å²) < 4.78 is 22.4. The summed E-state index contributed by atoms with van der Waals surface area (Å²) >= 11 is 0. The number of unbranched alkanes of at least 4 members (excludes halogenated alkanes) is 2. The number of hydrogen-bond acceptors (Lipinski definition) is 3. The van der Waals surface area contributed by atoms with Gasteiger partial charge in [0.15, 0.2) is 0 Å². The fraction of sp³-hybridized carbons (Fsp3) is 0.739. The highest BCUT2D eigenvalue weighted by atomic mass is 31.2. The minimum Gasteiger partial charge on any atom is -0.494 e. The Morgan fingerprint density at radius 1 is 1.14 bits per heavy atom. The third-order valence-corrected chi connectivity index (χ3v) is 7.42. The van der Waals surface area contributed by atoms with Gasteiger partial charge in [0.1, 0.15) is 5.75 Å². The molecule has 0 bridgehead atoms.